The van der Waals surface area contributed by atoms with Gasteiger partial charge in [-0.15, -0.1) is 0 Å². The largest absolute Gasteiger partial charge is 0.482 e. The van der Waals surface area contributed by atoms with Gasteiger partial charge in [-0.25, -0.2) is 0 Å². The summed E-state index contributed by atoms with van der Waals surface area (Å²) in [5.74, 6) is 0.408. The molecule has 122 valence electrons. The van der Waals surface area contributed by atoms with Crippen molar-refractivity contribution < 1.29 is 9.53 Å². The molecule has 1 aromatic carbocycles. The van der Waals surface area contributed by atoms with Crippen LogP contribution in [0.2, 0.25) is 5.02 Å². The molecule has 6 heteroatoms. The number of carbonyl (C=O) groups is 1. The Morgan fingerprint density at radius 1 is 1.32 bits per heavy atom. The van der Waals surface area contributed by atoms with Crippen molar-refractivity contribution >= 4 is 33.4 Å². The average Bonchev–Trinajstić information content (AvgIpc) is 2.52. The first kappa shape index (κ1) is 17.6. The topological polar surface area (TPSA) is 41.6 Å². The third kappa shape index (κ3) is 6.15. The van der Waals surface area contributed by atoms with E-state index in [1.54, 1.807) is 12.1 Å². The molecule has 4 nitrogen and oxygen atoms in total. The number of ether oxygens (including phenoxy) is 1. The van der Waals surface area contributed by atoms with Gasteiger partial charge in [0.1, 0.15) is 5.75 Å². The summed E-state index contributed by atoms with van der Waals surface area (Å²) in [5, 5.41) is 3.37. The zero-order chi connectivity index (χ0) is 15.8. The summed E-state index contributed by atoms with van der Waals surface area (Å²) in [4.78, 5) is 14.2. The van der Waals surface area contributed by atoms with E-state index in [0.29, 0.717) is 17.3 Å². The van der Waals surface area contributed by atoms with Gasteiger partial charge in [0.15, 0.2) is 6.61 Å². The van der Waals surface area contributed by atoms with Crippen molar-refractivity contribution in [3.05, 3.63) is 27.7 Å². The second-order valence-corrected chi connectivity index (χ2v) is 6.79. The Morgan fingerprint density at radius 2 is 2.09 bits per heavy atom. The number of carbonyl (C=O) groups excluding carboxylic acids is 1. The van der Waals surface area contributed by atoms with E-state index in [2.05, 4.69) is 26.1 Å². The highest BCUT2D eigenvalue weighted by Gasteiger charge is 2.10. The van der Waals surface area contributed by atoms with Crippen molar-refractivity contribution in [1.82, 2.24) is 10.2 Å². The van der Waals surface area contributed by atoms with Crippen molar-refractivity contribution in [1.29, 1.82) is 0 Å². The Bertz CT molecular complexity index is 493. The number of amides is 1. The van der Waals surface area contributed by atoms with Crippen molar-refractivity contribution in [3.63, 3.8) is 0 Å². The molecule has 0 radical (unpaired) electrons. The molecule has 2 rings (SSSR count). The molecule has 0 aliphatic carbocycles. The molecular formula is C16H22BrClN2O2. The molecule has 22 heavy (non-hydrogen) atoms. The van der Waals surface area contributed by atoms with Crippen LogP contribution in [-0.2, 0) is 4.79 Å². The van der Waals surface area contributed by atoms with E-state index >= 15 is 0 Å². The molecule has 0 aromatic heterocycles. The van der Waals surface area contributed by atoms with Gasteiger partial charge in [0, 0.05) is 11.0 Å². The lowest BCUT2D eigenvalue weighted by Crippen LogP contribution is -2.34. The molecule has 1 saturated heterocycles. The first-order chi connectivity index (χ1) is 10.6. The maximum absolute atomic E-state index is 11.7. The molecule has 1 aromatic rings. The van der Waals surface area contributed by atoms with Crippen LogP contribution in [0, 0.1) is 0 Å². The first-order valence-electron chi connectivity index (χ1n) is 7.72. The summed E-state index contributed by atoms with van der Waals surface area (Å²) in [6.45, 7) is 4.12. The molecule has 0 saturated carbocycles. The zero-order valence-corrected chi connectivity index (χ0v) is 15.0. The van der Waals surface area contributed by atoms with Gasteiger partial charge in [0.05, 0.1) is 5.02 Å². The van der Waals surface area contributed by atoms with Crippen molar-refractivity contribution in [3.8, 4) is 5.75 Å². The predicted molar refractivity (Wildman–Crippen MR) is 92.6 cm³/mol. The van der Waals surface area contributed by atoms with Crippen LogP contribution in [0.15, 0.2) is 22.7 Å². The molecule has 1 heterocycles. The van der Waals surface area contributed by atoms with Gasteiger partial charge in [-0.3, -0.25) is 4.79 Å². The van der Waals surface area contributed by atoms with Gasteiger partial charge in [-0.1, -0.05) is 34.0 Å². The lowest BCUT2D eigenvalue weighted by molar-refractivity contribution is -0.123. The van der Waals surface area contributed by atoms with Gasteiger partial charge in [-0.2, -0.15) is 0 Å². The normalized spacial score (nSPS) is 15.5. The molecule has 0 unspecified atom stereocenters. The lowest BCUT2D eigenvalue weighted by atomic mass is 10.1. The minimum Gasteiger partial charge on any atom is -0.482 e. The van der Waals surface area contributed by atoms with E-state index in [0.717, 1.165) is 17.4 Å². The number of rotatable bonds is 7. The van der Waals surface area contributed by atoms with E-state index in [1.807, 2.05) is 6.07 Å². The van der Waals surface area contributed by atoms with Crippen molar-refractivity contribution in [2.75, 3.05) is 32.8 Å². The van der Waals surface area contributed by atoms with Gasteiger partial charge in [0.25, 0.3) is 5.91 Å². The summed E-state index contributed by atoms with van der Waals surface area (Å²) in [7, 11) is 0. The Labute approximate surface area is 145 Å². The Kier molecular flexibility index (Phi) is 7.49. The standard InChI is InChI=1S/C16H22BrClN2O2/c17-13-5-6-15(14(18)11-13)22-12-16(21)19-7-4-10-20-8-2-1-3-9-20/h5-6,11H,1-4,7-10,12H2,(H,19,21). The minimum atomic E-state index is -0.113. The molecule has 1 aliphatic heterocycles. The summed E-state index contributed by atoms with van der Waals surface area (Å²) in [6.07, 6.45) is 4.93. The summed E-state index contributed by atoms with van der Waals surface area (Å²) >= 11 is 9.36. The molecule has 1 fully saturated rings. The Hall–Kier alpha value is -0.780. The van der Waals surface area contributed by atoms with Gasteiger partial charge in [-0.05, 0) is 57.1 Å². The number of nitrogens with one attached hydrogen (secondary N) is 1. The zero-order valence-electron chi connectivity index (χ0n) is 12.6. The quantitative estimate of drug-likeness (QED) is 0.726. The second-order valence-electron chi connectivity index (χ2n) is 5.47. The molecule has 1 amide bonds. The maximum atomic E-state index is 11.7. The van der Waals surface area contributed by atoms with Gasteiger partial charge in [0.2, 0.25) is 0 Å². The highest BCUT2D eigenvalue weighted by molar-refractivity contribution is 9.10. The SMILES string of the molecule is O=C(COc1ccc(Br)cc1Cl)NCCCN1CCCCC1. The fraction of sp³-hybridized carbons (Fsp3) is 0.562. The number of hydrogen-bond donors (Lipinski definition) is 1. The van der Waals surface area contributed by atoms with Crippen LogP contribution < -0.4 is 10.1 Å². The van der Waals surface area contributed by atoms with E-state index in [4.69, 9.17) is 16.3 Å². The third-order valence-corrected chi connectivity index (χ3v) is 4.46. The van der Waals surface area contributed by atoms with Crippen LogP contribution in [-0.4, -0.2) is 43.6 Å². The molecule has 0 bridgehead atoms. The average molecular weight is 390 g/mol. The monoisotopic (exact) mass is 388 g/mol. The highest BCUT2D eigenvalue weighted by atomic mass is 79.9. The molecule has 1 aliphatic rings. The fourth-order valence-electron chi connectivity index (χ4n) is 2.50. The molecule has 1 N–H and O–H groups in total. The number of halogens is 2. The molecular weight excluding hydrogens is 368 g/mol. The Morgan fingerprint density at radius 3 is 2.82 bits per heavy atom. The first-order valence-corrected chi connectivity index (χ1v) is 8.89. The van der Waals surface area contributed by atoms with Crippen LogP contribution in [0.1, 0.15) is 25.7 Å². The van der Waals surface area contributed by atoms with Crippen molar-refractivity contribution in [2.45, 2.75) is 25.7 Å². The van der Waals surface area contributed by atoms with E-state index in [9.17, 15) is 4.79 Å². The van der Waals surface area contributed by atoms with Gasteiger partial charge >= 0.3 is 0 Å². The van der Waals surface area contributed by atoms with Crippen molar-refractivity contribution in [2.24, 2.45) is 0 Å². The summed E-state index contributed by atoms with van der Waals surface area (Å²) < 4.78 is 6.31. The second kappa shape index (κ2) is 9.38. The van der Waals surface area contributed by atoms with Crippen LogP contribution in [0.4, 0.5) is 0 Å². The van der Waals surface area contributed by atoms with E-state index in [1.165, 1.54) is 32.4 Å². The third-order valence-electron chi connectivity index (χ3n) is 3.67. The number of piperidine rings is 1. The summed E-state index contributed by atoms with van der Waals surface area (Å²) in [5.41, 5.74) is 0. The minimum absolute atomic E-state index is 0.00886. The molecule has 0 atom stereocenters. The summed E-state index contributed by atoms with van der Waals surface area (Å²) in [6, 6.07) is 5.32. The van der Waals surface area contributed by atoms with Gasteiger partial charge < -0.3 is 15.0 Å². The number of likely N-dealkylation sites (tertiary alicyclic amines) is 1. The van der Waals surface area contributed by atoms with Crippen LogP contribution in [0.3, 0.4) is 0 Å². The maximum Gasteiger partial charge on any atom is 0.257 e. The fourth-order valence-corrected chi connectivity index (χ4v) is 3.23. The highest BCUT2D eigenvalue weighted by Crippen LogP contribution is 2.27. The number of benzene rings is 1. The predicted octanol–water partition coefficient (Wildman–Crippen LogP) is 3.47. The molecule has 0 spiro atoms. The van der Waals surface area contributed by atoms with Crippen LogP contribution in [0.25, 0.3) is 0 Å². The number of nitrogens with zero attached hydrogens (tertiary/aromatic N) is 1. The van der Waals surface area contributed by atoms with Crippen LogP contribution >= 0.6 is 27.5 Å². The van der Waals surface area contributed by atoms with E-state index in [-0.39, 0.29) is 12.5 Å². The number of hydrogen-bond acceptors (Lipinski definition) is 3. The smallest absolute Gasteiger partial charge is 0.257 e. The van der Waals surface area contributed by atoms with Crippen LogP contribution in [0.5, 0.6) is 5.75 Å². The van der Waals surface area contributed by atoms with E-state index < -0.39 is 0 Å². The Balaban J connectivity index is 1.59. The lowest BCUT2D eigenvalue weighted by Gasteiger charge is -2.26.